The molecule has 0 amide bonds. The van der Waals surface area contributed by atoms with Gasteiger partial charge in [-0.1, -0.05) is 0 Å². The molecule has 0 aromatic carbocycles. The first-order chi connectivity index (χ1) is 4.36. The second-order valence-electron chi connectivity index (χ2n) is 3.07. The van der Waals surface area contributed by atoms with Gasteiger partial charge in [-0.15, -0.1) is 0 Å². The molecule has 0 rings (SSSR count). The molecule has 62 valence electrons. The van der Waals surface area contributed by atoms with E-state index < -0.39 is 23.4 Å². The average molecular weight is 184 g/mol. The minimum atomic E-state index is -2.62. The van der Waals surface area contributed by atoms with Gasteiger partial charge in [0.1, 0.15) is 0 Å². The zero-order valence-electron chi connectivity index (χ0n) is 6.82. The summed E-state index contributed by atoms with van der Waals surface area (Å²) in [7, 11) is -3.89. The van der Waals surface area contributed by atoms with Gasteiger partial charge in [0.05, 0.1) is 0 Å². The Balaban J connectivity index is 3.87. The van der Waals surface area contributed by atoms with Crippen LogP contribution < -0.4 is 0 Å². The first kappa shape index (κ1) is 10.3. The van der Waals surface area contributed by atoms with E-state index in [2.05, 4.69) is 0 Å². The summed E-state index contributed by atoms with van der Waals surface area (Å²) in [4.78, 5) is 0. The molecule has 0 aromatic rings. The van der Waals surface area contributed by atoms with Gasteiger partial charge in [0.2, 0.25) is 14.4 Å². The maximum atomic E-state index is 12.1. The molecule has 0 radical (unpaired) electrons. The lowest BCUT2D eigenvalue weighted by Gasteiger charge is -2.23. The van der Waals surface area contributed by atoms with Crippen molar-refractivity contribution in [2.24, 2.45) is 0 Å². The first-order valence-corrected chi connectivity index (χ1v) is 9.09. The molecule has 0 fully saturated rings. The predicted octanol–water partition coefficient (Wildman–Crippen LogP) is 2.00. The Morgan fingerprint density at radius 2 is 1.70 bits per heavy atom. The lowest BCUT2D eigenvalue weighted by Crippen LogP contribution is -2.43. The van der Waals surface area contributed by atoms with E-state index in [0.29, 0.717) is 0 Å². The van der Waals surface area contributed by atoms with Crippen molar-refractivity contribution in [3.63, 3.8) is 0 Å². The fraction of sp³-hybridized carbons (Fsp3) is 1.00. The Bertz CT molecular complexity index is 106. The van der Waals surface area contributed by atoms with Crippen LogP contribution in [0.25, 0.3) is 0 Å². The van der Waals surface area contributed by atoms with Crippen molar-refractivity contribution >= 4 is 17.4 Å². The molecular weight excluding hydrogens is 170 g/mol. The number of hydrogen-bond acceptors (Lipinski definition) is 1. The second kappa shape index (κ2) is 3.59. The third-order valence-electron chi connectivity index (χ3n) is 1.06. The molecule has 0 aliphatic heterocycles. The first-order valence-electron chi connectivity index (χ1n) is 3.32. The molecule has 0 heterocycles. The van der Waals surface area contributed by atoms with Crippen LogP contribution >= 0.6 is 0 Å². The van der Waals surface area contributed by atoms with Gasteiger partial charge in [-0.25, -0.2) is 8.78 Å². The standard InChI is InChI=1S/C5H14F2OSi2/c1-9(2)8-10(3,4)5(6)7/h5,9H,1-4H3. The minimum absolute atomic E-state index is 1.27. The van der Waals surface area contributed by atoms with Crippen molar-refractivity contribution in [1.29, 1.82) is 0 Å². The molecular formula is C5H14F2OSi2. The Morgan fingerprint density at radius 3 is 1.80 bits per heavy atom. The van der Waals surface area contributed by atoms with E-state index in [9.17, 15) is 8.78 Å². The normalized spacial score (nSPS) is 13.2. The summed E-state index contributed by atoms with van der Waals surface area (Å²) in [5.41, 5.74) is 0. The highest BCUT2D eigenvalue weighted by atomic mass is 28.4. The summed E-state index contributed by atoms with van der Waals surface area (Å²) in [6.45, 7) is 6.95. The molecule has 0 aromatic heterocycles. The van der Waals surface area contributed by atoms with Crippen molar-refractivity contribution in [1.82, 2.24) is 0 Å². The molecule has 5 heteroatoms. The van der Waals surface area contributed by atoms with Crippen LogP contribution in [0, 0.1) is 0 Å². The quantitative estimate of drug-likeness (QED) is 0.610. The van der Waals surface area contributed by atoms with Gasteiger partial charge in [0.25, 0.3) is 0 Å². The molecule has 0 unspecified atom stereocenters. The predicted molar refractivity (Wildman–Crippen MR) is 43.4 cm³/mol. The van der Waals surface area contributed by atoms with Gasteiger partial charge < -0.3 is 4.12 Å². The molecule has 10 heavy (non-hydrogen) atoms. The van der Waals surface area contributed by atoms with Gasteiger partial charge in [-0.3, -0.25) is 0 Å². The number of alkyl halides is 2. The maximum Gasteiger partial charge on any atom is 0.249 e. The summed E-state index contributed by atoms with van der Waals surface area (Å²) >= 11 is 0. The van der Waals surface area contributed by atoms with Gasteiger partial charge in [-0.2, -0.15) is 0 Å². The van der Waals surface area contributed by atoms with Gasteiger partial charge in [0.15, 0.2) is 9.04 Å². The van der Waals surface area contributed by atoms with E-state index in [-0.39, 0.29) is 0 Å². The van der Waals surface area contributed by atoms with Crippen LogP contribution in [0.4, 0.5) is 8.78 Å². The molecule has 0 saturated heterocycles. The van der Waals surface area contributed by atoms with Crippen LogP contribution in [-0.2, 0) is 4.12 Å². The van der Waals surface area contributed by atoms with Crippen LogP contribution in [-0.4, -0.2) is 23.4 Å². The second-order valence-corrected chi connectivity index (χ2v) is 9.75. The van der Waals surface area contributed by atoms with Crippen molar-refractivity contribution in [3.05, 3.63) is 0 Å². The molecule has 1 nitrogen and oxygen atoms in total. The SMILES string of the molecule is C[SiH](C)O[Si](C)(C)C(F)F. The minimum Gasteiger partial charge on any atom is -0.455 e. The van der Waals surface area contributed by atoms with Crippen molar-refractivity contribution in [2.45, 2.75) is 32.2 Å². The van der Waals surface area contributed by atoms with E-state index in [1.165, 1.54) is 0 Å². The Morgan fingerprint density at radius 1 is 1.30 bits per heavy atom. The Kier molecular flexibility index (Phi) is 3.68. The van der Waals surface area contributed by atoms with Crippen molar-refractivity contribution < 1.29 is 12.9 Å². The highest BCUT2D eigenvalue weighted by molar-refractivity contribution is 6.78. The fourth-order valence-electron chi connectivity index (χ4n) is 0.659. The van der Waals surface area contributed by atoms with E-state index in [1.54, 1.807) is 13.1 Å². The number of hydrogen-bond donors (Lipinski definition) is 0. The Hall–Kier alpha value is 0.254. The summed E-state index contributed by atoms with van der Waals surface area (Å²) < 4.78 is 29.5. The van der Waals surface area contributed by atoms with E-state index in [0.717, 1.165) is 0 Å². The number of halogens is 2. The zero-order chi connectivity index (χ0) is 8.36. The summed E-state index contributed by atoms with van der Waals surface area (Å²) in [6.07, 6.45) is 0. The molecule has 0 saturated carbocycles. The molecule has 0 spiro atoms. The Labute approximate surface area is 63.2 Å². The van der Waals surface area contributed by atoms with E-state index in [1.807, 2.05) is 13.1 Å². The van der Waals surface area contributed by atoms with Crippen LogP contribution in [0.3, 0.4) is 0 Å². The zero-order valence-corrected chi connectivity index (χ0v) is 8.97. The van der Waals surface area contributed by atoms with Crippen LogP contribution in [0.1, 0.15) is 0 Å². The van der Waals surface area contributed by atoms with Gasteiger partial charge >= 0.3 is 0 Å². The van der Waals surface area contributed by atoms with E-state index >= 15 is 0 Å². The summed E-state index contributed by atoms with van der Waals surface area (Å²) in [6, 6.07) is -2.25. The van der Waals surface area contributed by atoms with Crippen molar-refractivity contribution in [3.8, 4) is 0 Å². The fourth-order valence-corrected chi connectivity index (χ4v) is 5.93. The third-order valence-corrected chi connectivity index (χ3v) is 6.43. The topological polar surface area (TPSA) is 9.23 Å². The largest absolute Gasteiger partial charge is 0.455 e. The van der Waals surface area contributed by atoms with Crippen LogP contribution in [0.15, 0.2) is 0 Å². The van der Waals surface area contributed by atoms with Gasteiger partial charge in [-0.05, 0) is 26.2 Å². The lowest BCUT2D eigenvalue weighted by atomic mass is 11.6. The number of rotatable bonds is 3. The third kappa shape index (κ3) is 3.43. The molecule has 0 N–H and O–H groups in total. The molecule has 0 aliphatic carbocycles. The lowest BCUT2D eigenvalue weighted by molar-refractivity contribution is 0.207. The van der Waals surface area contributed by atoms with Gasteiger partial charge in [0, 0.05) is 0 Å². The monoisotopic (exact) mass is 184 g/mol. The highest BCUT2D eigenvalue weighted by Crippen LogP contribution is 2.15. The smallest absolute Gasteiger partial charge is 0.249 e. The average Bonchev–Trinajstić information content (AvgIpc) is 1.60. The summed E-state index contributed by atoms with van der Waals surface area (Å²) in [5.74, 6) is 0. The highest BCUT2D eigenvalue weighted by Gasteiger charge is 2.34. The van der Waals surface area contributed by atoms with E-state index in [4.69, 9.17) is 4.12 Å². The summed E-state index contributed by atoms with van der Waals surface area (Å²) in [5, 5.41) is 0. The van der Waals surface area contributed by atoms with Crippen molar-refractivity contribution in [2.75, 3.05) is 0 Å². The maximum absolute atomic E-state index is 12.1. The molecule has 0 atom stereocenters. The molecule has 0 bridgehead atoms. The van der Waals surface area contributed by atoms with Crippen LogP contribution in [0.5, 0.6) is 0 Å². The molecule has 0 aliphatic rings. The van der Waals surface area contributed by atoms with Crippen LogP contribution in [0.2, 0.25) is 26.2 Å².